The third-order valence-corrected chi connectivity index (χ3v) is 4.25. The number of fused-ring (bicyclic) bond motifs is 2. The number of amides is 1. The molecule has 4 rings (SSSR count). The van der Waals surface area contributed by atoms with Crippen molar-refractivity contribution in [3.8, 4) is 5.88 Å². The number of nitro benzene ring substituents is 1. The van der Waals surface area contributed by atoms with E-state index in [9.17, 15) is 24.8 Å². The van der Waals surface area contributed by atoms with Gasteiger partial charge >= 0.3 is 0 Å². The number of rotatable bonds is 4. The molecule has 0 spiro atoms. The fourth-order valence-electron chi connectivity index (χ4n) is 2.97. The molecule has 0 unspecified atom stereocenters. The fraction of sp³-hybridized carbons (Fsp3) is 0. The summed E-state index contributed by atoms with van der Waals surface area (Å²) in [4.78, 5) is 39.9. The number of aromatic amines is 2. The van der Waals surface area contributed by atoms with Gasteiger partial charge in [-0.15, -0.1) is 0 Å². The Morgan fingerprint density at radius 3 is 2.54 bits per heavy atom. The lowest BCUT2D eigenvalue weighted by molar-refractivity contribution is -0.384. The summed E-state index contributed by atoms with van der Waals surface area (Å²) in [6.45, 7) is 0. The Labute approximate surface area is 155 Å². The average molecular weight is 378 g/mol. The van der Waals surface area contributed by atoms with Crippen LogP contribution in [-0.4, -0.2) is 20.8 Å². The predicted octanol–water partition coefficient (Wildman–Crippen LogP) is 1.75. The van der Waals surface area contributed by atoms with E-state index >= 15 is 0 Å². The number of hydrogen-bond donors (Lipinski definition) is 4. The molecule has 0 aliphatic heterocycles. The highest BCUT2D eigenvalue weighted by Gasteiger charge is 2.14. The molecule has 10 nitrogen and oxygen atoms in total. The van der Waals surface area contributed by atoms with E-state index in [0.717, 1.165) is 6.07 Å². The van der Waals surface area contributed by atoms with Crippen molar-refractivity contribution in [1.29, 1.82) is 0 Å². The van der Waals surface area contributed by atoms with Crippen LogP contribution >= 0.6 is 0 Å². The number of hydrazine groups is 1. The first kappa shape index (κ1) is 17.1. The molecule has 28 heavy (non-hydrogen) atoms. The van der Waals surface area contributed by atoms with Crippen LogP contribution in [0.2, 0.25) is 0 Å². The number of carbonyl (C=O) groups excluding carboxylic acids is 1. The van der Waals surface area contributed by atoms with Gasteiger partial charge in [-0.2, -0.15) is 0 Å². The van der Waals surface area contributed by atoms with E-state index in [1.165, 1.54) is 18.2 Å². The molecule has 4 N–H and O–H groups in total. The highest BCUT2D eigenvalue weighted by atomic mass is 16.6. The second-order valence-electron chi connectivity index (χ2n) is 5.99. The van der Waals surface area contributed by atoms with Crippen LogP contribution in [0.4, 0.5) is 11.4 Å². The van der Waals surface area contributed by atoms with Gasteiger partial charge in [-0.1, -0.05) is 18.2 Å². The third-order valence-electron chi connectivity index (χ3n) is 4.25. The molecule has 2 aromatic heterocycles. The Morgan fingerprint density at radius 1 is 1.00 bits per heavy atom. The number of nitrogens with zero attached hydrogens (tertiary/aromatic N) is 1. The molecule has 140 valence electrons. The molecule has 0 radical (unpaired) electrons. The molecule has 2 heterocycles. The van der Waals surface area contributed by atoms with Crippen molar-refractivity contribution in [3.63, 3.8) is 0 Å². The summed E-state index contributed by atoms with van der Waals surface area (Å²) < 4.78 is 0. The van der Waals surface area contributed by atoms with Gasteiger partial charge in [-0.3, -0.25) is 30.6 Å². The molecule has 0 atom stereocenters. The van der Waals surface area contributed by atoms with Crippen LogP contribution in [0.3, 0.4) is 0 Å². The first-order chi connectivity index (χ1) is 13.4. The smallest absolute Gasteiger partial charge is 0.270 e. The predicted molar refractivity (Wildman–Crippen MR) is 100 cm³/mol. The summed E-state index contributed by atoms with van der Waals surface area (Å²) in [5, 5.41) is 23.9. The first-order valence-electron chi connectivity index (χ1n) is 8.09. The number of nitro groups is 1. The fourth-order valence-corrected chi connectivity index (χ4v) is 2.97. The van der Waals surface area contributed by atoms with Crippen LogP contribution < -0.4 is 21.5 Å². The SMILES string of the molecule is O=C(NNc1c([O-])[nH]c2ccc([N+](=O)[O-])cc12)c1cc(=O)[nH]c2ccccc12. The lowest BCUT2D eigenvalue weighted by Gasteiger charge is -2.13. The summed E-state index contributed by atoms with van der Waals surface area (Å²) in [6.07, 6.45) is 0. The maximum atomic E-state index is 12.6. The van der Waals surface area contributed by atoms with Crippen LogP contribution in [0.5, 0.6) is 5.88 Å². The molecule has 0 bridgehead atoms. The molecule has 0 fully saturated rings. The van der Waals surface area contributed by atoms with Gasteiger partial charge < -0.3 is 15.1 Å². The lowest BCUT2D eigenvalue weighted by Crippen LogP contribution is -2.30. The quantitative estimate of drug-likeness (QED) is 0.313. The molecular formula is C18H12N5O5-. The number of anilines is 1. The van der Waals surface area contributed by atoms with E-state index < -0.39 is 22.3 Å². The van der Waals surface area contributed by atoms with Gasteiger partial charge in [-0.25, -0.2) is 0 Å². The number of para-hydroxylation sites is 1. The largest absolute Gasteiger partial charge is 0.859 e. The molecule has 4 aromatic rings. The van der Waals surface area contributed by atoms with Gasteiger partial charge in [0.15, 0.2) is 0 Å². The number of carbonyl (C=O) groups is 1. The molecule has 0 saturated carbocycles. The van der Waals surface area contributed by atoms with Gasteiger partial charge in [0.2, 0.25) is 5.56 Å². The molecule has 2 aromatic carbocycles. The van der Waals surface area contributed by atoms with Gasteiger partial charge in [0.25, 0.3) is 11.6 Å². The molecule has 0 aliphatic rings. The maximum absolute atomic E-state index is 12.6. The molecule has 1 amide bonds. The number of hydrogen-bond acceptors (Lipinski definition) is 6. The van der Waals surface area contributed by atoms with Gasteiger partial charge in [0.1, 0.15) is 0 Å². The molecule has 0 aliphatic carbocycles. The minimum Gasteiger partial charge on any atom is -0.859 e. The zero-order valence-corrected chi connectivity index (χ0v) is 14.1. The zero-order valence-electron chi connectivity index (χ0n) is 14.1. The van der Waals surface area contributed by atoms with Crippen molar-refractivity contribution in [3.05, 3.63) is 74.6 Å². The number of H-pyrrole nitrogens is 2. The number of pyridine rings is 1. The summed E-state index contributed by atoms with van der Waals surface area (Å²) in [7, 11) is 0. The van der Waals surface area contributed by atoms with Crippen LogP contribution in [-0.2, 0) is 0 Å². The van der Waals surface area contributed by atoms with Crippen molar-refractivity contribution in [2.24, 2.45) is 0 Å². The normalized spacial score (nSPS) is 10.9. The lowest BCUT2D eigenvalue weighted by atomic mass is 10.1. The van der Waals surface area contributed by atoms with E-state index in [2.05, 4.69) is 20.8 Å². The Kier molecular flexibility index (Phi) is 3.93. The number of nitrogens with one attached hydrogen (secondary N) is 4. The second-order valence-corrected chi connectivity index (χ2v) is 5.99. The van der Waals surface area contributed by atoms with Gasteiger partial charge in [0, 0.05) is 40.0 Å². The number of aromatic nitrogens is 2. The first-order valence-corrected chi connectivity index (χ1v) is 8.09. The zero-order chi connectivity index (χ0) is 19.8. The Balaban J connectivity index is 1.68. The average Bonchev–Trinajstić information content (AvgIpc) is 2.99. The van der Waals surface area contributed by atoms with Crippen molar-refractivity contribution < 1.29 is 14.8 Å². The number of non-ortho nitro benzene ring substituents is 1. The van der Waals surface area contributed by atoms with Crippen molar-refractivity contribution >= 4 is 39.1 Å². The monoisotopic (exact) mass is 378 g/mol. The van der Waals surface area contributed by atoms with Crippen molar-refractivity contribution in [2.75, 3.05) is 5.43 Å². The van der Waals surface area contributed by atoms with Crippen molar-refractivity contribution in [2.45, 2.75) is 0 Å². The third kappa shape index (κ3) is 2.88. The molecule has 0 saturated heterocycles. The van der Waals surface area contributed by atoms with Crippen LogP contribution in [0.1, 0.15) is 10.4 Å². The van der Waals surface area contributed by atoms with Gasteiger partial charge in [0.05, 0.1) is 16.2 Å². The van der Waals surface area contributed by atoms with Crippen molar-refractivity contribution in [1.82, 2.24) is 15.4 Å². The summed E-state index contributed by atoms with van der Waals surface area (Å²) in [5.41, 5.74) is 5.19. The van der Waals surface area contributed by atoms with Crippen LogP contribution in [0.25, 0.3) is 21.8 Å². The summed E-state index contributed by atoms with van der Waals surface area (Å²) in [5.74, 6) is -1.19. The standard InChI is InChI=1S/C18H13N5O5/c24-15-8-11(10-3-1-2-4-13(10)19-15)17(25)22-21-16-12-7-9(23(27)28)5-6-14(12)20-18(16)26/h1-8,20-21,26H,(H,19,24)(H,22,25)/p-1. The molecular weight excluding hydrogens is 366 g/mol. The summed E-state index contributed by atoms with van der Waals surface area (Å²) >= 11 is 0. The highest BCUT2D eigenvalue weighted by molar-refractivity contribution is 6.07. The van der Waals surface area contributed by atoms with E-state index in [4.69, 9.17) is 0 Å². The van der Waals surface area contributed by atoms with Crippen LogP contribution in [0, 0.1) is 10.1 Å². The Hall–Kier alpha value is -4.34. The van der Waals surface area contributed by atoms with E-state index in [1.807, 2.05) is 0 Å². The van der Waals surface area contributed by atoms with Gasteiger partial charge in [-0.05, 0) is 18.0 Å². The highest BCUT2D eigenvalue weighted by Crippen LogP contribution is 2.32. The minimum atomic E-state index is -0.638. The molecule has 10 heteroatoms. The summed E-state index contributed by atoms with van der Waals surface area (Å²) in [6, 6.07) is 11.8. The maximum Gasteiger partial charge on any atom is 0.270 e. The Bertz CT molecular complexity index is 1310. The number of benzene rings is 2. The van der Waals surface area contributed by atoms with E-state index in [-0.39, 0.29) is 22.3 Å². The second kappa shape index (κ2) is 6.43. The topological polar surface area (TPSA) is 156 Å². The van der Waals surface area contributed by atoms with Crippen LogP contribution in [0.15, 0.2) is 53.3 Å². The Morgan fingerprint density at radius 2 is 1.75 bits per heavy atom. The van der Waals surface area contributed by atoms with E-state index in [0.29, 0.717) is 16.4 Å². The van der Waals surface area contributed by atoms with E-state index in [1.54, 1.807) is 24.3 Å². The minimum absolute atomic E-state index is 0.0406.